The van der Waals surface area contributed by atoms with Crippen LogP contribution in [0.25, 0.3) is 0 Å². The summed E-state index contributed by atoms with van der Waals surface area (Å²) in [6.45, 7) is 1.86. The molecule has 3 N–H and O–H groups in total. The fraction of sp³-hybridized carbons (Fsp3) is 0.500. The summed E-state index contributed by atoms with van der Waals surface area (Å²) in [6, 6.07) is 5.91. The van der Waals surface area contributed by atoms with Gasteiger partial charge >= 0.3 is 0 Å². The lowest BCUT2D eigenvalue weighted by Gasteiger charge is -2.17. The number of hydrogen-bond donors (Lipinski definition) is 2. The van der Waals surface area contributed by atoms with E-state index in [0.717, 1.165) is 18.8 Å². The summed E-state index contributed by atoms with van der Waals surface area (Å²) in [5.41, 5.74) is 6.70. The first-order valence-electron chi connectivity index (χ1n) is 6.71. The van der Waals surface area contributed by atoms with Crippen molar-refractivity contribution in [1.82, 2.24) is 4.90 Å². The number of likely N-dealkylation sites (tertiary alicyclic amines) is 1. The van der Waals surface area contributed by atoms with Gasteiger partial charge in [-0.3, -0.25) is 4.99 Å². The molecule has 2 rings (SSSR count). The van der Waals surface area contributed by atoms with Gasteiger partial charge in [0.15, 0.2) is 5.96 Å². The number of halogens is 2. The van der Waals surface area contributed by atoms with E-state index in [-0.39, 0.29) is 24.0 Å². The highest BCUT2D eigenvalue weighted by molar-refractivity contribution is 14.0. The van der Waals surface area contributed by atoms with Crippen LogP contribution in [0, 0.1) is 0 Å². The van der Waals surface area contributed by atoms with Crippen LogP contribution in [0.15, 0.2) is 23.2 Å². The number of likely N-dealkylation sites (N-methyl/N-ethyl adjacent to an activating group) is 1. The largest absolute Gasteiger partial charge is 0.495 e. The molecule has 7 heteroatoms. The van der Waals surface area contributed by atoms with Crippen LogP contribution in [0.4, 0.5) is 5.69 Å². The highest BCUT2D eigenvalue weighted by Crippen LogP contribution is 2.27. The highest BCUT2D eigenvalue weighted by atomic mass is 127. The third kappa shape index (κ3) is 5.19. The van der Waals surface area contributed by atoms with Crippen molar-refractivity contribution in [2.45, 2.75) is 18.9 Å². The van der Waals surface area contributed by atoms with E-state index in [9.17, 15) is 0 Å². The van der Waals surface area contributed by atoms with E-state index in [1.165, 1.54) is 12.8 Å². The lowest BCUT2D eigenvalue weighted by molar-refractivity contribution is 0.317. The van der Waals surface area contributed by atoms with E-state index >= 15 is 0 Å². The maximum Gasteiger partial charge on any atom is 0.193 e. The van der Waals surface area contributed by atoms with Crippen molar-refractivity contribution < 1.29 is 4.74 Å². The first-order valence-corrected chi connectivity index (χ1v) is 7.08. The minimum atomic E-state index is 0. The number of nitrogens with zero attached hydrogens (tertiary/aromatic N) is 2. The molecule has 0 bridgehead atoms. The van der Waals surface area contributed by atoms with Crippen molar-refractivity contribution in [2.75, 3.05) is 32.6 Å². The molecule has 1 fully saturated rings. The molecule has 1 aromatic rings. The first-order chi connectivity index (χ1) is 9.60. The molecule has 21 heavy (non-hydrogen) atoms. The average Bonchev–Trinajstić information content (AvgIpc) is 2.82. The number of hydrogen-bond acceptors (Lipinski definition) is 3. The van der Waals surface area contributed by atoms with Gasteiger partial charge in [-0.15, -0.1) is 24.0 Å². The summed E-state index contributed by atoms with van der Waals surface area (Å²) in [6.07, 6.45) is 2.42. The number of nitrogens with two attached hydrogens (primary N) is 1. The average molecular weight is 425 g/mol. The zero-order valence-electron chi connectivity index (χ0n) is 12.3. The molecule has 0 saturated carbocycles. The Morgan fingerprint density at radius 2 is 2.33 bits per heavy atom. The van der Waals surface area contributed by atoms with Crippen LogP contribution >= 0.6 is 35.6 Å². The van der Waals surface area contributed by atoms with Crippen molar-refractivity contribution >= 4 is 47.2 Å². The van der Waals surface area contributed by atoms with Gasteiger partial charge < -0.3 is 20.7 Å². The van der Waals surface area contributed by atoms with Crippen LogP contribution in [0.3, 0.4) is 0 Å². The Labute approximate surface area is 147 Å². The summed E-state index contributed by atoms with van der Waals surface area (Å²) in [7, 11) is 3.71. The lowest BCUT2D eigenvalue weighted by atomic mass is 10.2. The minimum Gasteiger partial charge on any atom is -0.495 e. The van der Waals surface area contributed by atoms with Gasteiger partial charge in [0.2, 0.25) is 0 Å². The Kier molecular flexibility index (Phi) is 7.55. The molecule has 0 amide bonds. The number of rotatable bonds is 4. The summed E-state index contributed by atoms with van der Waals surface area (Å²) >= 11 is 6.06. The van der Waals surface area contributed by atoms with Gasteiger partial charge in [0.1, 0.15) is 5.75 Å². The lowest BCUT2D eigenvalue weighted by Crippen LogP contribution is -2.30. The van der Waals surface area contributed by atoms with Gasteiger partial charge in [-0.25, -0.2) is 0 Å². The molecule has 0 spiro atoms. The zero-order chi connectivity index (χ0) is 14.5. The molecule has 118 valence electrons. The second-order valence-electron chi connectivity index (χ2n) is 4.98. The van der Waals surface area contributed by atoms with E-state index in [0.29, 0.717) is 22.8 Å². The third-order valence-electron chi connectivity index (χ3n) is 3.57. The summed E-state index contributed by atoms with van der Waals surface area (Å²) in [5.74, 6) is 1.05. The number of benzene rings is 1. The number of nitrogens with one attached hydrogen (secondary N) is 1. The van der Waals surface area contributed by atoms with Gasteiger partial charge in [-0.2, -0.15) is 0 Å². The molecule has 1 heterocycles. The van der Waals surface area contributed by atoms with Gasteiger partial charge in [0, 0.05) is 11.7 Å². The fourth-order valence-electron chi connectivity index (χ4n) is 2.35. The van der Waals surface area contributed by atoms with Crippen molar-refractivity contribution in [3.63, 3.8) is 0 Å². The minimum absolute atomic E-state index is 0. The summed E-state index contributed by atoms with van der Waals surface area (Å²) in [4.78, 5) is 6.71. The molecule has 1 aliphatic heterocycles. The number of ether oxygens (including phenoxy) is 1. The number of aliphatic imine (C=N–C) groups is 1. The highest BCUT2D eigenvalue weighted by Gasteiger charge is 2.20. The molecule has 1 unspecified atom stereocenters. The van der Waals surface area contributed by atoms with E-state index < -0.39 is 0 Å². The van der Waals surface area contributed by atoms with E-state index in [1.807, 2.05) is 6.07 Å². The number of anilines is 1. The van der Waals surface area contributed by atoms with E-state index in [4.69, 9.17) is 22.1 Å². The predicted molar refractivity (Wildman–Crippen MR) is 99.2 cm³/mol. The van der Waals surface area contributed by atoms with Crippen LogP contribution in [-0.2, 0) is 0 Å². The second kappa shape index (κ2) is 8.65. The molecule has 1 saturated heterocycles. The Hall–Kier alpha value is -0.730. The van der Waals surface area contributed by atoms with Crippen molar-refractivity contribution in [2.24, 2.45) is 10.7 Å². The summed E-state index contributed by atoms with van der Waals surface area (Å²) < 4.78 is 5.11. The Morgan fingerprint density at radius 1 is 1.57 bits per heavy atom. The molecule has 1 aliphatic rings. The van der Waals surface area contributed by atoms with Gasteiger partial charge in [0.05, 0.1) is 18.7 Å². The smallest absolute Gasteiger partial charge is 0.193 e. The third-order valence-corrected chi connectivity index (χ3v) is 3.86. The molecule has 1 atom stereocenters. The molecular formula is C14H22ClIN4O. The number of methoxy groups -OCH3 is 1. The summed E-state index contributed by atoms with van der Waals surface area (Å²) in [5, 5.41) is 3.58. The SMILES string of the molecule is COc1ccc(NC(N)=NCC2CCCN2C)cc1Cl.I. The number of guanidine groups is 1. The molecular weight excluding hydrogens is 403 g/mol. The standard InChI is InChI=1S/C14H21ClN4O.HI/c1-19-7-3-4-11(19)9-17-14(16)18-10-5-6-13(20-2)12(15)8-10;/h5-6,8,11H,3-4,7,9H2,1-2H3,(H3,16,17,18);1H. The predicted octanol–water partition coefficient (Wildman–Crippen LogP) is 2.79. The van der Waals surface area contributed by atoms with Crippen LogP contribution in [0.1, 0.15) is 12.8 Å². The van der Waals surface area contributed by atoms with E-state index in [1.54, 1.807) is 19.2 Å². The van der Waals surface area contributed by atoms with Crippen molar-refractivity contribution in [1.29, 1.82) is 0 Å². The molecule has 0 aliphatic carbocycles. The van der Waals surface area contributed by atoms with Crippen molar-refractivity contribution in [3.05, 3.63) is 23.2 Å². The van der Waals surface area contributed by atoms with Gasteiger partial charge in [-0.1, -0.05) is 11.6 Å². The quantitative estimate of drug-likeness (QED) is 0.443. The van der Waals surface area contributed by atoms with Crippen LogP contribution in [0.2, 0.25) is 5.02 Å². The van der Waals surface area contributed by atoms with Crippen LogP contribution in [-0.4, -0.2) is 44.1 Å². The maximum absolute atomic E-state index is 6.06. The van der Waals surface area contributed by atoms with E-state index in [2.05, 4.69) is 22.3 Å². The molecule has 0 radical (unpaired) electrons. The normalized spacial score (nSPS) is 19.2. The Morgan fingerprint density at radius 3 is 2.90 bits per heavy atom. The van der Waals surface area contributed by atoms with Gasteiger partial charge in [-0.05, 0) is 44.6 Å². The topological polar surface area (TPSA) is 62.9 Å². The van der Waals surface area contributed by atoms with Crippen LogP contribution < -0.4 is 15.8 Å². The fourth-order valence-corrected chi connectivity index (χ4v) is 2.60. The molecule has 5 nitrogen and oxygen atoms in total. The monoisotopic (exact) mass is 424 g/mol. The Balaban J connectivity index is 0.00000220. The van der Waals surface area contributed by atoms with Crippen molar-refractivity contribution in [3.8, 4) is 5.75 Å². The molecule has 0 aromatic heterocycles. The second-order valence-corrected chi connectivity index (χ2v) is 5.38. The first kappa shape index (κ1) is 18.3. The molecule has 1 aromatic carbocycles. The van der Waals surface area contributed by atoms with Crippen LogP contribution in [0.5, 0.6) is 5.75 Å². The van der Waals surface area contributed by atoms with Gasteiger partial charge in [0.25, 0.3) is 0 Å². The maximum atomic E-state index is 6.06. The zero-order valence-corrected chi connectivity index (χ0v) is 15.4. The Bertz CT molecular complexity index is 498.